The number of carboxylic acids is 2. The van der Waals surface area contributed by atoms with Gasteiger partial charge in [-0.25, -0.2) is 19.2 Å². The van der Waals surface area contributed by atoms with Gasteiger partial charge < -0.3 is 31.2 Å². The molecule has 212 valence electrons. The third-order valence-electron chi connectivity index (χ3n) is 4.92. The number of aromatic carboxylic acids is 2. The summed E-state index contributed by atoms with van der Waals surface area (Å²) in [7, 11) is 0. The van der Waals surface area contributed by atoms with Gasteiger partial charge in [0.1, 0.15) is 11.5 Å². The second-order valence-corrected chi connectivity index (χ2v) is 8.39. The Balaban J connectivity index is 0.000000262. The van der Waals surface area contributed by atoms with E-state index in [0.717, 1.165) is 0 Å². The van der Waals surface area contributed by atoms with Crippen LogP contribution in [0.4, 0.5) is 11.4 Å². The van der Waals surface area contributed by atoms with E-state index < -0.39 is 23.9 Å². The van der Waals surface area contributed by atoms with Crippen LogP contribution in [0.25, 0.3) is 0 Å². The van der Waals surface area contributed by atoms with Crippen molar-refractivity contribution in [1.29, 1.82) is 0 Å². The van der Waals surface area contributed by atoms with Crippen molar-refractivity contribution in [2.75, 3.05) is 11.5 Å². The molecule has 0 radical (unpaired) electrons. The standard InChI is InChI=1S/2C14H11NO4.C3H8/c2*15-11-5-1-10(2-6-11)14(18)19-12-7-3-9(4-8-12)13(16)17;1-3-2/h2*1-8H,15H2,(H,16,17);3H2,1-2H3. The van der Waals surface area contributed by atoms with Gasteiger partial charge >= 0.3 is 23.9 Å². The summed E-state index contributed by atoms with van der Waals surface area (Å²) in [6.07, 6.45) is 1.25. The number of benzene rings is 4. The minimum Gasteiger partial charge on any atom is -0.478 e. The van der Waals surface area contributed by atoms with Crippen LogP contribution in [-0.2, 0) is 0 Å². The largest absolute Gasteiger partial charge is 0.478 e. The summed E-state index contributed by atoms with van der Waals surface area (Å²) in [5.41, 5.74) is 13.2. The van der Waals surface area contributed by atoms with Gasteiger partial charge in [-0.1, -0.05) is 20.3 Å². The lowest BCUT2D eigenvalue weighted by Gasteiger charge is -2.04. The maximum Gasteiger partial charge on any atom is 0.343 e. The van der Waals surface area contributed by atoms with Crippen molar-refractivity contribution in [2.24, 2.45) is 0 Å². The number of carbonyl (C=O) groups is 4. The highest BCUT2D eigenvalue weighted by atomic mass is 16.5. The van der Waals surface area contributed by atoms with Crippen LogP contribution in [0.3, 0.4) is 0 Å². The molecule has 0 unspecified atom stereocenters. The summed E-state index contributed by atoms with van der Waals surface area (Å²) in [4.78, 5) is 44.9. The number of rotatable bonds is 6. The Bertz CT molecular complexity index is 1340. The summed E-state index contributed by atoms with van der Waals surface area (Å²) in [6, 6.07) is 23.8. The zero-order valence-electron chi connectivity index (χ0n) is 22.4. The number of esters is 2. The highest BCUT2D eigenvalue weighted by Gasteiger charge is 2.10. The lowest BCUT2D eigenvalue weighted by molar-refractivity contribution is 0.0685. The van der Waals surface area contributed by atoms with Crippen molar-refractivity contribution in [2.45, 2.75) is 20.3 Å². The Kier molecular flexibility index (Phi) is 12.1. The number of carbonyl (C=O) groups excluding carboxylic acids is 2. The fraction of sp³-hybridized carbons (Fsp3) is 0.0968. The maximum atomic E-state index is 11.8. The third-order valence-corrected chi connectivity index (χ3v) is 4.92. The van der Waals surface area contributed by atoms with Gasteiger partial charge in [0.05, 0.1) is 22.3 Å². The summed E-state index contributed by atoms with van der Waals surface area (Å²) < 4.78 is 10.2. The number of nitrogen functional groups attached to an aromatic ring is 2. The van der Waals surface area contributed by atoms with E-state index in [2.05, 4.69) is 13.8 Å². The van der Waals surface area contributed by atoms with E-state index in [-0.39, 0.29) is 22.6 Å². The van der Waals surface area contributed by atoms with E-state index in [1.54, 1.807) is 48.5 Å². The zero-order valence-corrected chi connectivity index (χ0v) is 22.4. The van der Waals surface area contributed by atoms with Gasteiger partial charge in [-0.05, 0) is 97.1 Å². The molecule has 10 heteroatoms. The van der Waals surface area contributed by atoms with Gasteiger partial charge in [0.25, 0.3) is 0 Å². The Morgan fingerprint density at radius 3 is 1.00 bits per heavy atom. The van der Waals surface area contributed by atoms with E-state index >= 15 is 0 Å². The van der Waals surface area contributed by atoms with Crippen molar-refractivity contribution in [3.05, 3.63) is 119 Å². The average Bonchev–Trinajstić information content (AvgIpc) is 2.95. The van der Waals surface area contributed by atoms with Gasteiger partial charge in [-0.2, -0.15) is 0 Å². The molecule has 0 atom stereocenters. The molecule has 0 spiro atoms. The van der Waals surface area contributed by atoms with Crippen molar-refractivity contribution in [3.8, 4) is 11.5 Å². The number of ether oxygens (including phenoxy) is 2. The molecule has 0 fully saturated rings. The van der Waals surface area contributed by atoms with Crippen LogP contribution < -0.4 is 20.9 Å². The van der Waals surface area contributed by atoms with Crippen LogP contribution >= 0.6 is 0 Å². The third kappa shape index (κ3) is 10.6. The van der Waals surface area contributed by atoms with Crippen molar-refractivity contribution in [3.63, 3.8) is 0 Å². The second kappa shape index (κ2) is 15.7. The van der Waals surface area contributed by atoms with E-state index in [9.17, 15) is 19.2 Å². The van der Waals surface area contributed by atoms with Crippen molar-refractivity contribution in [1.82, 2.24) is 0 Å². The minimum absolute atomic E-state index is 0.132. The van der Waals surface area contributed by atoms with Crippen LogP contribution in [-0.4, -0.2) is 34.1 Å². The van der Waals surface area contributed by atoms with Crippen molar-refractivity contribution < 1.29 is 38.9 Å². The van der Waals surface area contributed by atoms with E-state index in [0.29, 0.717) is 22.5 Å². The highest BCUT2D eigenvalue weighted by molar-refractivity contribution is 5.92. The molecule has 0 bridgehead atoms. The molecule has 0 heterocycles. The highest BCUT2D eigenvalue weighted by Crippen LogP contribution is 2.16. The Hall–Kier alpha value is -5.64. The second-order valence-electron chi connectivity index (χ2n) is 8.39. The van der Waals surface area contributed by atoms with Gasteiger partial charge in [-0.15, -0.1) is 0 Å². The van der Waals surface area contributed by atoms with Crippen LogP contribution in [0.5, 0.6) is 11.5 Å². The fourth-order valence-corrected chi connectivity index (χ4v) is 2.90. The van der Waals surface area contributed by atoms with Gasteiger partial charge in [0.15, 0.2) is 0 Å². The smallest absolute Gasteiger partial charge is 0.343 e. The average molecular weight is 559 g/mol. The molecule has 0 aliphatic carbocycles. The van der Waals surface area contributed by atoms with Gasteiger partial charge in [-0.3, -0.25) is 0 Å². The number of hydrogen-bond acceptors (Lipinski definition) is 8. The Morgan fingerprint density at radius 2 is 0.756 bits per heavy atom. The fourth-order valence-electron chi connectivity index (χ4n) is 2.90. The lowest BCUT2D eigenvalue weighted by atomic mass is 10.2. The molecule has 6 N–H and O–H groups in total. The molecule has 0 aliphatic heterocycles. The first-order valence-electron chi connectivity index (χ1n) is 12.4. The molecule has 4 aromatic rings. The Labute approximate surface area is 236 Å². The van der Waals surface area contributed by atoms with E-state index in [1.807, 2.05) is 0 Å². The zero-order chi connectivity index (χ0) is 30.4. The maximum absolute atomic E-state index is 11.8. The summed E-state index contributed by atoms with van der Waals surface area (Å²) in [6.45, 7) is 4.25. The van der Waals surface area contributed by atoms with Crippen LogP contribution in [0.15, 0.2) is 97.1 Å². The summed E-state index contributed by atoms with van der Waals surface area (Å²) in [5.74, 6) is -2.54. The monoisotopic (exact) mass is 558 g/mol. The lowest BCUT2D eigenvalue weighted by Crippen LogP contribution is -2.08. The molecule has 0 saturated carbocycles. The SMILES string of the molecule is CCC.Nc1ccc(C(=O)Oc2ccc(C(=O)O)cc2)cc1.Nc1ccc(C(=O)Oc2ccc(C(=O)O)cc2)cc1. The van der Waals surface area contributed by atoms with Gasteiger partial charge in [0, 0.05) is 11.4 Å². The number of anilines is 2. The molecule has 0 amide bonds. The number of hydrogen-bond donors (Lipinski definition) is 4. The van der Waals surface area contributed by atoms with Crippen LogP contribution in [0, 0.1) is 0 Å². The molecule has 0 saturated heterocycles. The van der Waals surface area contributed by atoms with E-state index in [4.69, 9.17) is 31.2 Å². The molecule has 41 heavy (non-hydrogen) atoms. The summed E-state index contributed by atoms with van der Waals surface area (Å²) in [5, 5.41) is 17.5. The van der Waals surface area contributed by atoms with Gasteiger partial charge in [0.2, 0.25) is 0 Å². The quantitative estimate of drug-likeness (QED) is 0.129. The summed E-state index contributed by atoms with van der Waals surface area (Å²) >= 11 is 0. The van der Waals surface area contributed by atoms with Crippen LogP contribution in [0.1, 0.15) is 61.7 Å². The van der Waals surface area contributed by atoms with Crippen molar-refractivity contribution >= 4 is 35.3 Å². The molecule has 4 rings (SSSR count). The first-order valence-corrected chi connectivity index (χ1v) is 12.4. The Morgan fingerprint density at radius 1 is 0.512 bits per heavy atom. The molecule has 0 aliphatic rings. The topological polar surface area (TPSA) is 179 Å². The number of carboxylic acid groups (broad SMARTS) is 2. The minimum atomic E-state index is -1.03. The molecular weight excluding hydrogens is 528 g/mol. The number of nitrogens with two attached hydrogens (primary N) is 2. The molecule has 4 aromatic carbocycles. The molecule has 10 nitrogen and oxygen atoms in total. The predicted octanol–water partition coefficient (Wildman–Crippen LogP) is 5.79. The predicted molar refractivity (Wildman–Crippen MR) is 154 cm³/mol. The normalized spacial score (nSPS) is 9.61. The first kappa shape index (κ1) is 31.6. The molecule has 0 aromatic heterocycles. The van der Waals surface area contributed by atoms with Crippen LogP contribution in [0.2, 0.25) is 0 Å². The first-order chi connectivity index (χ1) is 19.5. The molecular formula is C31H30N2O8. The van der Waals surface area contributed by atoms with E-state index in [1.165, 1.54) is 55.0 Å².